The summed E-state index contributed by atoms with van der Waals surface area (Å²) < 4.78 is 0. The van der Waals surface area contributed by atoms with Gasteiger partial charge in [-0.3, -0.25) is 4.79 Å². The molecular weight excluding hydrogens is 262 g/mol. The average Bonchev–Trinajstić information content (AvgIpc) is 3.07. The van der Waals surface area contributed by atoms with E-state index in [9.17, 15) is 4.79 Å². The first-order valence-electron chi connectivity index (χ1n) is 6.34. The van der Waals surface area contributed by atoms with Crippen molar-refractivity contribution in [2.24, 2.45) is 5.92 Å². The molecule has 2 rings (SSSR count). The van der Waals surface area contributed by atoms with Gasteiger partial charge in [0.15, 0.2) is 0 Å². The third-order valence-electron chi connectivity index (χ3n) is 3.10. The molecule has 0 radical (unpaired) electrons. The van der Waals surface area contributed by atoms with E-state index in [4.69, 9.17) is 10.2 Å². The predicted molar refractivity (Wildman–Crippen MR) is 74.0 cm³/mol. The lowest BCUT2D eigenvalue weighted by molar-refractivity contribution is 0.0786. The molecule has 1 aromatic rings. The number of carbonyl (C=O) groups is 1. The van der Waals surface area contributed by atoms with Gasteiger partial charge in [0.2, 0.25) is 0 Å². The van der Waals surface area contributed by atoms with E-state index < -0.39 is 0 Å². The molecule has 1 saturated heterocycles. The number of hydrogen-bond donors (Lipinski definition) is 2. The van der Waals surface area contributed by atoms with Gasteiger partial charge in [-0.15, -0.1) is 11.3 Å². The van der Waals surface area contributed by atoms with Crippen molar-refractivity contribution < 1.29 is 15.0 Å². The Morgan fingerprint density at radius 2 is 2.32 bits per heavy atom. The topological polar surface area (TPSA) is 60.8 Å². The normalized spacial score (nSPS) is 18.2. The number of carbonyl (C=O) groups excluding carboxylic acids is 1. The Balaban J connectivity index is 1.99. The van der Waals surface area contributed by atoms with Gasteiger partial charge in [0, 0.05) is 32.0 Å². The van der Waals surface area contributed by atoms with Gasteiger partial charge in [-0.1, -0.05) is 11.8 Å². The van der Waals surface area contributed by atoms with Crippen LogP contribution in [-0.2, 0) is 0 Å². The Labute approximate surface area is 116 Å². The van der Waals surface area contributed by atoms with Crippen LogP contribution >= 0.6 is 11.3 Å². The smallest absolute Gasteiger partial charge is 0.263 e. The van der Waals surface area contributed by atoms with Gasteiger partial charge in [0.25, 0.3) is 5.91 Å². The summed E-state index contributed by atoms with van der Waals surface area (Å²) in [6.07, 6.45) is 1.32. The van der Waals surface area contributed by atoms with Crippen LogP contribution in [0.3, 0.4) is 0 Å². The van der Waals surface area contributed by atoms with Crippen LogP contribution < -0.4 is 0 Å². The Kier molecular flexibility index (Phi) is 4.97. The Morgan fingerprint density at radius 1 is 1.47 bits per heavy atom. The fraction of sp³-hybridized carbons (Fsp3) is 0.500. The van der Waals surface area contributed by atoms with Gasteiger partial charge in [0.05, 0.1) is 16.4 Å². The van der Waals surface area contributed by atoms with Gasteiger partial charge in [0.1, 0.15) is 0 Å². The summed E-state index contributed by atoms with van der Waals surface area (Å²) in [4.78, 5) is 15.5. The molecular formula is C14H17NO3S. The molecule has 0 bridgehead atoms. The quantitative estimate of drug-likeness (QED) is 0.809. The minimum atomic E-state index is 0.0242. The Bertz CT molecular complexity index is 500. The van der Waals surface area contributed by atoms with E-state index >= 15 is 0 Å². The molecule has 0 aliphatic carbocycles. The van der Waals surface area contributed by atoms with E-state index in [0.29, 0.717) is 24.4 Å². The van der Waals surface area contributed by atoms with E-state index in [-0.39, 0.29) is 25.0 Å². The lowest BCUT2D eigenvalue weighted by Gasteiger charge is -2.14. The number of aliphatic hydroxyl groups is 2. The first-order chi connectivity index (χ1) is 9.24. The zero-order chi connectivity index (χ0) is 13.7. The van der Waals surface area contributed by atoms with Crippen molar-refractivity contribution >= 4 is 17.2 Å². The average molecular weight is 279 g/mol. The molecule has 1 amide bonds. The highest BCUT2D eigenvalue weighted by Crippen LogP contribution is 2.22. The summed E-state index contributed by atoms with van der Waals surface area (Å²) in [7, 11) is 0. The SMILES string of the molecule is O=C(c1ccc(C#CCCO)s1)N1CCC(CO)C1. The second-order valence-electron chi connectivity index (χ2n) is 4.53. The molecule has 0 saturated carbocycles. The largest absolute Gasteiger partial charge is 0.396 e. The minimum Gasteiger partial charge on any atom is -0.396 e. The second-order valence-corrected chi connectivity index (χ2v) is 5.61. The molecule has 102 valence electrons. The molecule has 4 nitrogen and oxygen atoms in total. The predicted octanol–water partition coefficient (Wildman–Crippen LogP) is 0.936. The van der Waals surface area contributed by atoms with Crippen LogP contribution in [0.25, 0.3) is 0 Å². The number of nitrogens with zero attached hydrogens (tertiary/aromatic N) is 1. The van der Waals surface area contributed by atoms with Crippen molar-refractivity contribution in [3.8, 4) is 11.8 Å². The third kappa shape index (κ3) is 3.57. The number of rotatable bonds is 3. The van der Waals surface area contributed by atoms with Crippen molar-refractivity contribution in [3.63, 3.8) is 0 Å². The van der Waals surface area contributed by atoms with Crippen molar-refractivity contribution in [3.05, 3.63) is 21.9 Å². The van der Waals surface area contributed by atoms with E-state index in [2.05, 4.69) is 11.8 Å². The lowest BCUT2D eigenvalue weighted by Crippen LogP contribution is -2.28. The maximum Gasteiger partial charge on any atom is 0.263 e. The number of hydrogen-bond acceptors (Lipinski definition) is 4. The summed E-state index contributed by atoms with van der Waals surface area (Å²) in [5.74, 6) is 6.01. The summed E-state index contributed by atoms with van der Waals surface area (Å²) in [6.45, 7) is 1.55. The summed E-state index contributed by atoms with van der Waals surface area (Å²) in [5, 5.41) is 17.7. The van der Waals surface area contributed by atoms with Gasteiger partial charge < -0.3 is 15.1 Å². The van der Waals surface area contributed by atoms with E-state index in [1.54, 1.807) is 11.0 Å². The van der Waals surface area contributed by atoms with Gasteiger partial charge in [-0.25, -0.2) is 0 Å². The van der Waals surface area contributed by atoms with Crippen LogP contribution in [-0.4, -0.2) is 47.3 Å². The molecule has 1 aliphatic heterocycles. The Hall–Kier alpha value is -1.35. The molecule has 1 atom stereocenters. The van der Waals surface area contributed by atoms with Crippen LogP contribution in [0.15, 0.2) is 12.1 Å². The fourth-order valence-electron chi connectivity index (χ4n) is 2.05. The summed E-state index contributed by atoms with van der Waals surface area (Å²) in [6, 6.07) is 3.63. The lowest BCUT2D eigenvalue weighted by atomic mass is 10.1. The van der Waals surface area contributed by atoms with Crippen molar-refractivity contribution in [2.45, 2.75) is 12.8 Å². The molecule has 19 heavy (non-hydrogen) atoms. The first-order valence-corrected chi connectivity index (χ1v) is 7.16. The highest BCUT2D eigenvalue weighted by atomic mass is 32.1. The molecule has 2 heterocycles. The molecule has 0 aromatic carbocycles. The van der Waals surface area contributed by atoms with Gasteiger partial charge in [-0.2, -0.15) is 0 Å². The number of amides is 1. The van der Waals surface area contributed by atoms with Crippen LogP contribution in [0.1, 0.15) is 27.4 Å². The molecule has 0 spiro atoms. The molecule has 5 heteroatoms. The van der Waals surface area contributed by atoms with Crippen LogP contribution in [0.5, 0.6) is 0 Å². The van der Waals surface area contributed by atoms with Crippen LogP contribution in [0.2, 0.25) is 0 Å². The Morgan fingerprint density at radius 3 is 3.00 bits per heavy atom. The monoisotopic (exact) mass is 279 g/mol. The zero-order valence-electron chi connectivity index (χ0n) is 10.6. The molecule has 1 unspecified atom stereocenters. The van der Waals surface area contributed by atoms with Crippen molar-refractivity contribution in [1.29, 1.82) is 0 Å². The standard InChI is InChI=1S/C14H17NO3S/c16-8-2-1-3-12-4-5-13(19-12)14(18)15-7-6-11(9-15)10-17/h4-5,11,16-17H,2,6-10H2. The highest BCUT2D eigenvalue weighted by Gasteiger charge is 2.26. The molecule has 2 N–H and O–H groups in total. The van der Waals surface area contributed by atoms with Crippen LogP contribution in [0, 0.1) is 17.8 Å². The maximum atomic E-state index is 12.2. The van der Waals surface area contributed by atoms with E-state index in [1.807, 2.05) is 6.07 Å². The van der Waals surface area contributed by atoms with E-state index in [1.165, 1.54) is 11.3 Å². The number of aliphatic hydroxyl groups excluding tert-OH is 2. The third-order valence-corrected chi connectivity index (χ3v) is 4.09. The zero-order valence-corrected chi connectivity index (χ0v) is 11.4. The van der Waals surface area contributed by atoms with Gasteiger partial charge >= 0.3 is 0 Å². The van der Waals surface area contributed by atoms with Crippen molar-refractivity contribution in [2.75, 3.05) is 26.3 Å². The van der Waals surface area contributed by atoms with Crippen LogP contribution in [0.4, 0.5) is 0 Å². The van der Waals surface area contributed by atoms with Crippen molar-refractivity contribution in [1.82, 2.24) is 4.90 Å². The molecule has 1 fully saturated rings. The first kappa shape index (κ1) is 14.1. The summed E-state index contributed by atoms with van der Waals surface area (Å²) >= 11 is 1.38. The molecule has 1 aliphatic rings. The number of likely N-dealkylation sites (tertiary alicyclic amines) is 1. The van der Waals surface area contributed by atoms with E-state index in [0.717, 1.165) is 11.3 Å². The minimum absolute atomic E-state index is 0.0242. The van der Waals surface area contributed by atoms with Gasteiger partial charge in [-0.05, 0) is 18.6 Å². The number of thiophene rings is 1. The summed E-state index contributed by atoms with van der Waals surface area (Å²) in [5.41, 5.74) is 0. The maximum absolute atomic E-state index is 12.2. The molecule has 1 aromatic heterocycles. The fourth-order valence-corrected chi connectivity index (χ4v) is 2.90. The second kappa shape index (κ2) is 6.71. The highest BCUT2D eigenvalue weighted by molar-refractivity contribution is 7.14.